The Morgan fingerprint density at radius 3 is 3.06 bits per heavy atom. The van der Waals surface area contributed by atoms with Crippen LogP contribution in [-0.2, 0) is 11.3 Å². The summed E-state index contributed by atoms with van der Waals surface area (Å²) in [5, 5.41) is 2.54. The molecule has 0 saturated heterocycles. The van der Waals surface area contributed by atoms with E-state index in [-0.39, 0.29) is 12.5 Å². The van der Waals surface area contributed by atoms with Crippen molar-refractivity contribution in [3.8, 4) is 0 Å². The maximum atomic E-state index is 13.6. The molecule has 0 aliphatic carbocycles. The number of hydrogen-bond acceptors (Lipinski definition) is 3. The topological polar surface area (TPSA) is 70.7 Å². The molecule has 0 aromatic carbocycles. The molecular weight excluding hydrogens is 211 g/mol. The molecule has 6 heteroatoms. The van der Waals surface area contributed by atoms with E-state index in [0.717, 1.165) is 0 Å². The maximum Gasteiger partial charge on any atom is 0.220 e. The Morgan fingerprint density at radius 1 is 1.62 bits per heavy atom. The average Bonchev–Trinajstić information content (AvgIpc) is 2.65. The molecule has 0 fully saturated rings. The van der Waals surface area contributed by atoms with Crippen LogP contribution in [0.3, 0.4) is 0 Å². The van der Waals surface area contributed by atoms with Gasteiger partial charge < -0.3 is 10.3 Å². The van der Waals surface area contributed by atoms with Gasteiger partial charge in [0.25, 0.3) is 0 Å². The summed E-state index contributed by atoms with van der Waals surface area (Å²) in [7, 11) is 0. The number of nitrogens with one attached hydrogen (secondary N) is 2. The van der Waals surface area contributed by atoms with Crippen LogP contribution in [0.2, 0.25) is 0 Å². The number of carbonyl (C=O) groups is 1. The monoisotopic (exact) mass is 222 g/mol. The van der Waals surface area contributed by atoms with Crippen LogP contribution in [-0.4, -0.2) is 20.9 Å². The third kappa shape index (κ3) is 1.73. The van der Waals surface area contributed by atoms with Crippen molar-refractivity contribution < 1.29 is 9.18 Å². The first-order valence-corrected chi connectivity index (χ1v) is 4.82. The number of amides is 1. The normalized spacial score (nSPS) is 10.7. The molecule has 0 bridgehead atoms. The van der Waals surface area contributed by atoms with Gasteiger partial charge in [-0.2, -0.15) is 4.39 Å². The van der Waals surface area contributed by atoms with Crippen molar-refractivity contribution in [3.63, 3.8) is 0 Å². The van der Waals surface area contributed by atoms with E-state index in [9.17, 15) is 9.18 Å². The van der Waals surface area contributed by atoms with E-state index in [2.05, 4.69) is 20.3 Å². The van der Waals surface area contributed by atoms with Gasteiger partial charge in [0.15, 0.2) is 0 Å². The van der Waals surface area contributed by atoms with E-state index in [1.165, 1.54) is 13.3 Å². The van der Waals surface area contributed by atoms with Crippen molar-refractivity contribution in [2.75, 3.05) is 0 Å². The fraction of sp³-hybridized carbons (Fsp3) is 0.300. The minimum absolute atomic E-state index is 0.104. The summed E-state index contributed by atoms with van der Waals surface area (Å²) in [6.07, 6.45) is 1.48. The molecule has 0 aliphatic heterocycles. The molecule has 0 spiro atoms. The molecule has 0 unspecified atom stereocenters. The quantitative estimate of drug-likeness (QED) is 0.746. The molecule has 2 rings (SSSR count). The molecule has 0 saturated carbocycles. The van der Waals surface area contributed by atoms with Gasteiger partial charge >= 0.3 is 0 Å². The zero-order valence-corrected chi connectivity index (χ0v) is 8.97. The van der Waals surface area contributed by atoms with Crippen LogP contribution >= 0.6 is 0 Å². The van der Waals surface area contributed by atoms with Crippen LogP contribution in [0, 0.1) is 12.9 Å². The van der Waals surface area contributed by atoms with Crippen molar-refractivity contribution in [3.05, 3.63) is 23.5 Å². The highest BCUT2D eigenvalue weighted by atomic mass is 19.1. The predicted molar refractivity (Wildman–Crippen MR) is 56.1 cm³/mol. The summed E-state index contributed by atoms with van der Waals surface area (Å²) < 4.78 is 13.6. The SMILES string of the molecule is CC(=O)NCc1c(F)nc(C)c2nc[nH]c12. The van der Waals surface area contributed by atoms with Crippen LogP contribution in [0.5, 0.6) is 0 Å². The van der Waals surface area contributed by atoms with E-state index in [1.54, 1.807) is 6.92 Å². The average molecular weight is 222 g/mol. The molecule has 5 nitrogen and oxygen atoms in total. The molecule has 2 heterocycles. The number of aromatic nitrogens is 3. The number of nitrogens with zero attached hydrogens (tertiary/aromatic N) is 2. The Morgan fingerprint density at radius 2 is 2.38 bits per heavy atom. The zero-order chi connectivity index (χ0) is 11.7. The van der Waals surface area contributed by atoms with E-state index < -0.39 is 5.95 Å². The molecule has 1 amide bonds. The van der Waals surface area contributed by atoms with Gasteiger partial charge in [0.2, 0.25) is 11.9 Å². The zero-order valence-electron chi connectivity index (χ0n) is 8.97. The van der Waals surface area contributed by atoms with Gasteiger partial charge in [-0.05, 0) is 6.92 Å². The summed E-state index contributed by atoms with van der Waals surface area (Å²) in [4.78, 5) is 21.4. The van der Waals surface area contributed by atoms with Crippen LogP contribution in [0.4, 0.5) is 4.39 Å². The molecule has 0 aliphatic rings. The first kappa shape index (κ1) is 10.5. The third-order valence-electron chi connectivity index (χ3n) is 2.31. The van der Waals surface area contributed by atoms with Crippen LogP contribution in [0.15, 0.2) is 6.33 Å². The molecule has 16 heavy (non-hydrogen) atoms. The first-order chi connectivity index (χ1) is 7.59. The Labute approximate surface area is 91.1 Å². The van der Waals surface area contributed by atoms with Gasteiger partial charge in [0, 0.05) is 13.5 Å². The van der Waals surface area contributed by atoms with E-state index >= 15 is 0 Å². The maximum absolute atomic E-state index is 13.6. The molecule has 0 radical (unpaired) electrons. The summed E-state index contributed by atoms with van der Waals surface area (Å²) in [6.45, 7) is 3.17. The summed E-state index contributed by atoms with van der Waals surface area (Å²) >= 11 is 0. The minimum Gasteiger partial charge on any atom is -0.352 e. The Hall–Kier alpha value is -1.98. The third-order valence-corrected chi connectivity index (χ3v) is 2.31. The molecule has 2 aromatic rings. The highest BCUT2D eigenvalue weighted by Crippen LogP contribution is 2.19. The molecule has 2 N–H and O–H groups in total. The second-order valence-corrected chi connectivity index (χ2v) is 3.50. The minimum atomic E-state index is -0.581. The summed E-state index contributed by atoms with van der Waals surface area (Å²) in [5.41, 5.74) is 2.06. The van der Waals surface area contributed by atoms with Gasteiger partial charge in [-0.15, -0.1) is 0 Å². The van der Waals surface area contributed by atoms with Crippen LogP contribution in [0.1, 0.15) is 18.2 Å². The number of pyridine rings is 1. The van der Waals surface area contributed by atoms with Gasteiger partial charge in [-0.25, -0.2) is 9.97 Å². The van der Waals surface area contributed by atoms with Gasteiger partial charge in [0.1, 0.15) is 5.52 Å². The predicted octanol–water partition coefficient (Wildman–Crippen LogP) is 1.04. The fourth-order valence-electron chi connectivity index (χ4n) is 1.54. The van der Waals surface area contributed by atoms with Crippen molar-refractivity contribution in [2.45, 2.75) is 20.4 Å². The number of hydrogen-bond donors (Lipinski definition) is 2. The Bertz CT molecular complexity index is 549. The summed E-state index contributed by atoms with van der Waals surface area (Å²) in [5.74, 6) is -0.796. The van der Waals surface area contributed by atoms with Crippen molar-refractivity contribution in [1.82, 2.24) is 20.3 Å². The number of halogens is 1. The Kier molecular flexibility index (Phi) is 2.55. The van der Waals surface area contributed by atoms with Crippen molar-refractivity contribution >= 4 is 16.9 Å². The largest absolute Gasteiger partial charge is 0.352 e. The number of carbonyl (C=O) groups excluding carboxylic acids is 1. The summed E-state index contributed by atoms with van der Waals surface area (Å²) in [6, 6.07) is 0. The number of rotatable bonds is 2. The molecule has 2 aromatic heterocycles. The smallest absolute Gasteiger partial charge is 0.220 e. The highest BCUT2D eigenvalue weighted by Gasteiger charge is 2.13. The lowest BCUT2D eigenvalue weighted by molar-refractivity contribution is -0.119. The molecule has 84 valence electrons. The number of aromatic amines is 1. The van der Waals surface area contributed by atoms with E-state index in [1.807, 2.05) is 0 Å². The number of fused-ring (bicyclic) bond motifs is 1. The Balaban J connectivity index is 2.50. The lowest BCUT2D eigenvalue weighted by atomic mass is 10.2. The number of imidazole rings is 1. The van der Waals surface area contributed by atoms with Gasteiger partial charge in [0.05, 0.1) is 23.1 Å². The van der Waals surface area contributed by atoms with Crippen molar-refractivity contribution in [1.29, 1.82) is 0 Å². The molecular formula is C10H11FN4O. The van der Waals surface area contributed by atoms with Gasteiger partial charge in [-0.1, -0.05) is 0 Å². The lowest BCUT2D eigenvalue weighted by Gasteiger charge is -2.06. The fourth-order valence-corrected chi connectivity index (χ4v) is 1.54. The van der Waals surface area contributed by atoms with Crippen molar-refractivity contribution in [2.24, 2.45) is 0 Å². The highest BCUT2D eigenvalue weighted by molar-refractivity contribution is 5.80. The van der Waals surface area contributed by atoms with Crippen LogP contribution in [0.25, 0.3) is 11.0 Å². The van der Waals surface area contributed by atoms with E-state index in [0.29, 0.717) is 22.3 Å². The van der Waals surface area contributed by atoms with E-state index in [4.69, 9.17) is 0 Å². The molecule has 0 atom stereocenters. The lowest BCUT2D eigenvalue weighted by Crippen LogP contribution is -2.20. The standard InChI is InChI=1S/C10H11FN4O/c1-5-8-9(14-4-13-8)7(10(11)15-5)3-12-6(2)16/h4H,3H2,1-2H3,(H,12,16)(H,13,14). The van der Waals surface area contributed by atoms with Gasteiger partial charge in [-0.3, -0.25) is 4.79 Å². The second kappa shape index (κ2) is 3.88. The number of aryl methyl sites for hydroxylation is 1. The first-order valence-electron chi connectivity index (χ1n) is 4.82. The number of H-pyrrole nitrogens is 1. The second-order valence-electron chi connectivity index (χ2n) is 3.50. The van der Waals surface area contributed by atoms with Crippen LogP contribution < -0.4 is 5.32 Å².